The Kier molecular flexibility index (Phi) is 3.67. The van der Waals surface area contributed by atoms with Gasteiger partial charge in [0.15, 0.2) is 0 Å². The Labute approximate surface area is 129 Å². The highest BCUT2D eigenvalue weighted by Crippen LogP contribution is 2.18. The average molecular weight is 294 g/mol. The lowest BCUT2D eigenvalue weighted by Gasteiger charge is -2.11. The first-order valence-corrected chi connectivity index (χ1v) is 7.31. The minimum Gasteiger partial charge on any atom is -0.477 e. The second kappa shape index (κ2) is 5.64. The molecule has 0 aliphatic carbocycles. The van der Waals surface area contributed by atoms with Crippen LogP contribution in [0, 0.1) is 13.8 Å². The molecule has 1 N–H and O–H groups in total. The number of carboxylic acid groups (broad SMARTS) is 1. The summed E-state index contributed by atoms with van der Waals surface area (Å²) < 4.78 is 1.64. The third-order valence-corrected chi connectivity index (χ3v) is 4.23. The quantitative estimate of drug-likeness (QED) is 0.802. The zero-order valence-corrected chi connectivity index (χ0v) is 12.7. The van der Waals surface area contributed by atoms with Crippen molar-refractivity contribution in [2.75, 3.05) is 0 Å². The van der Waals surface area contributed by atoms with Gasteiger partial charge in [0.1, 0.15) is 11.3 Å². The molecule has 0 spiro atoms. The number of rotatable bonds is 4. The fourth-order valence-electron chi connectivity index (χ4n) is 2.83. The van der Waals surface area contributed by atoms with E-state index in [1.54, 1.807) is 16.8 Å². The van der Waals surface area contributed by atoms with Gasteiger partial charge < -0.3 is 5.11 Å². The second-order valence-corrected chi connectivity index (χ2v) is 5.53. The van der Waals surface area contributed by atoms with Crippen molar-refractivity contribution in [3.63, 3.8) is 0 Å². The zero-order chi connectivity index (χ0) is 15.7. The molecule has 22 heavy (non-hydrogen) atoms. The predicted molar refractivity (Wildman–Crippen MR) is 85.5 cm³/mol. The summed E-state index contributed by atoms with van der Waals surface area (Å²) in [6, 6.07) is 9.99. The molecule has 3 aromatic rings. The first kappa shape index (κ1) is 14.3. The van der Waals surface area contributed by atoms with Gasteiger partial charge in [0.25, 0.3) is 0 Å². The van der Waals surface area contributed by atoms with E-state index >= 15 is 0 Å². The van der Waals surface area contributed by atoms with Crippen molar-refractivity contribution in [3.05, 3.63) is 70.7 Å². The average Bonchev–Trinajstić information content (AvgIpc) is 2.96. The maximum Gasteiger partial charge on any atom is 0.353 e. The SMILES string of the molecule is Cc1cccc(CCc2ccc3nccn3c2C(=O)O)c1C. The summed E-state index contributed by atoms with van der Waals surface area (Å²) in [6.07, 6.45) is 4.84. The summed E-state index contributed by atoms with van der Waals surface area (Å²) in [5, 5.41) is 9.53. The van der Waals surface area contributed by atoms with Crippen LogP contribution in [-0.2, 0) is 12.8 Å². The third-order valence-electron chi connectivity index (χ3n) is 4.23. The van der Waals surface area contributed by atoms with Gasteiger partial charge in [-0.05, 0) is 55.0 Å². The Morgan fingerprint density at radius 1 is 1.14 bits per heavy atom. The highest BCUT2D eigenvalue weighted by atomic mass is 16.4. The summed E-state index contributed by atoms with van der Waals surface area (Å²) in [5.74, 6) is -0.917. The van der Waals surface area contributed by atoms with Crippen molar-refractivity contribution in [1.29, 1.82) is 0 Å². The third kappa shape index (κ3) is 2.48. The van der Waals surface area contributed by atoms with Crippen LogP contribution in [-0.4, -0.2) is 20.5 Å². The summed E-state index contributed by atoms with van der Waals surface area (Å²) in [5.41, 5.74) is 5.61. The van der Waals surface area contributed by atoms with Crippen LogP contribution in [0.5, 0.6) is 0 Å². The molecule has 0 saturated carbocycles. The molecule has 4 nitrogen and oxygen atoms in total. The monoisotopic (exact) mass is 294 g/mol. The molecule has 112 valence electrons. The molecular weight excluding hydrogens is 276 g/mol. The first-order chi connectivity index (χ1) is 10.6. The highest BCUT2D eigenvalue weighted by molar-refractivity contribution is 5.88. The minimum atomic E-state index is -0.917. The fraction of sp³-hybridized carbons (Fsp3) is 0.222. The topological polar surface area (TPSA) is 54.6 Å². The zero-order valence-electron chi connectivity index (χ0n) is 12.7. The number of carboxylic acids is 1. The molecule has 0 bridgehead atoms. The molecule has 0 atom stereocenters. The van der Waals surface area contributed by atoms with Crippen molar-refractivity contribution >= 4 is 11.6 Å². The van der Waals surface area contributed by atoms with Crippen LogP contribution in [0.4, 0.5) is 0 Å². The molecule has 0 aliphatic rings. The molecular formula is C18H18N2O2. The number of imidazole rings is 1. The Balaban J connectivity index is 1.95. The minimum absolute atomic E-state index is 0.306. The van der Waals surface area contributed by atoms with E-state index in [2.05, 4.69) is 37.0 Å². The first-order valence-electron chi connectivity index (χ1n) is 7.31. The molecule has 2 aromatic heterocycles. The Bertz CT molecular complexity index is 849. The number of aryl methyl sites for hydroxylation is 3. The number of carbonyl (C=O) groups is 1. The van der Waals surface area contributed by atoms with Gasteiger partial charge in [0.2, 0.25) is 0 Å². The number of hydrogen-bond acceptors (Lipinski definition) is 2. The van der Waals surface area contributed by atoms with E-state index in [1.165, 1.54) is 16.7 Å². The van der Waals surface area contributed by atoms with Gasteiger partial charge in [-0.3, -0.25) is 4.40 Å². The molecule has 0 fully saturated rings. The summed E-state index contributed by atoms with van der Waals surface area (Å²) >= 11 is 0. The Morgan fingerprint density at radius 3 is 2.68 bits per heavy atom. The van der Waals surface area contributed by atoms with Crippen LogP contribution < -0.4 is 0 Å². The van der Waals surface area contributed by atoms with Crippen molar-refractivity contribution < 1.29 is 9.90 Å². The van der Waals surface area contributed by atoms with E-state index in [9.17, 15) is 9.90 Å². The number of benzene rings is 1. The van der Waals surface area contributed by atoms with E-state index in [1.807, 2.05) is 12.1 Å². The lowest BCUT2D eigenvalue weighted by Crippen LogP contribution is -2.10. The van der Waals surface area contributed by atoms with Crippen molar-refractivity contribution in [2.45, 2.75) is 26.7 Å². The molecule has 0 saturated heterocycles. The second-order valence-electron chi connectivity index (χ2n) is 5.53. The molecule has 0 radical (unpaired) electrons. The molecule has 0 amide bonds. The van der Waals surface area contributed by atoms with Crippen molar-refractivity contribution in [3.8, 4) is 0 Å². The number of pyridine rings is 1. The normalized spacial score (nSPS) is 11.0. The number of nitrogens with zero attached hydrogens (tertiary/aromatic N) is 2. The van der Waals surface area contributed by atoms with Crippen LogP contribution in [0.25, 0.3) is 5.65 Å². The number of fused-ring (bicyclic) bond motifs is 1. The van der Waals surface area contributed by atoms with Crippen molar-refractivity contribution in [2.24, 2.45) is 0 Å². The molecule has 0 unspecified atom stereocenters. The lowest BCUT2D eigenvalue weighted by atomic mass is 9.97. The van der Waals surface area contributed by atoms with Crippen LogP contribution in [0.1, 0.15) is 32.7 Å². The molecule has 1 aromatic carbocycles. The number of aromatic nitrogens is 2. The highest BCUT2D eigenvalue weighted by Gasteiger charge is 2.15. The maximum absolute atomic E-state index is 11.6. The Hall–Kier alpha value is -2.62. The Morgan fingerprint density at radius 2 is 1.91 bits per heavy atom. The van der Waals surface area contributed by atoms with Gasteiger partial charge in [0.05, 0.1) is 0 Å². The van der Waals surface area contributed by atoms with Crippen molar-refractivity contribution in [1.82, 2.24) is 9.38 Å². The molecule has 2 heterocycles. The van der Waals surface area contributed by atoms with E-state index in [-0.39, 0.29) is 0 Å². The predicted octanol–water partition coefficient (Wildman–Crippen LogP) is 3.43. The van der Waals surface area contributed by atoms with E-state index in [0.717, 1.165) is 12.0 Å². The summed E-state index contributed by atoms with van der Waals surface area (Å²) in [4.78, 5) is 15.8. The fourth-order valence-corrected chi connectivity index (χ4v) is 2.83. The molecule has 4 heteroatoms. The van der Waals surface area contributed by atoms with E-state index in [4.69, 9.17) is 0 Å². The van der Waals surface area contributed by atoms with Crippen LogP contribution in [0.2, 0.25) is 0 Å². The van der Waals surface area contributed by atoms with Gasteiger partial charge in [-0.25, -0.2) is 9.78 Å². The maximum atomic E-state index is 11.6. The number of aromatic carboxylic acids is 1. The molecule has 3 rings (SSSR count). The summed E-state index contributed by atoms with van der Waals surface area (Å²) in [6.45, 7) is 4.21. The van der Waals surface area contributed by atoms with Crippen LogP contribution in [0.3, 0.4) is 0 Å². The number of hydrogen-bond donors (Lipinski definition) is 1. The smallest absolute Gasteiger partial charge is 0.353 e. The van der Waals surface area contributed by atoms with Gasteiger partial charge in [-0.1, -0.05) is 24.3 Å². The van der Waals surface area contributed by atoms with Gasteiger partial charge in [0, 0.05) is 12.4 Å². The lowest BCUT2D eigenvalue weighted by molar-refractivity contribution is 0.0687. The van der Waals surface area contributed by atoms with Gasteiger partial charge in [-0.15, -0.1) is 0 Å². The van der Waals surface area contributed by atoms with Gasteiger partial charge >= 0.3 is 5.97 Å². The van der Waals surface area contributed by atoms with E-state index < -0.39 is 5.97 Å². The molecule has 0 aliphatic heterocycles. The van der Waals surface area contributed by atoms with E-state index in [0.29, 0.717) is 17.8 Å². The van der Waals surface area contributed by atoms with Crippen LogP contribution >= 0.6 is 0 Å². The van der Waals surface area contributed by atoms with Crippen LogP contribution in [0.15, 0.2) is 42.7 Å². The largest absolute Gasteiger partial charge is 0.477 e. The summed E-state index contributed by atoms with van der Waals surface area (Å²) in [7, 11) is 0. The van der Waals surface area contributed by atoms with Gasteiger partial charge in [-0.2, -0.15) is 0 Å². The standard InChI is InChI=1S/C18H18N2O2/c1-12-4-3-5-14(13(12)2)6-7-15-8-9-16-19-10-11-20(16)17(15)18(21)22/h3-5,8-11H,6-7H2,1-2H3,(H,21,22).